The maximum Gasteiger partial charge on any atom is 0.118 e. The van der Waals surface area contributed by atoms with Gasteiger partial charge >= 0.3 is 0 Å². The molecule has 1 N–H and O–H groups in total. The van der Waals surface area contributed by atoms with E-state index >= 15 is 0 Å². The third-order valence-corrected chi connectivity index (χ3v) is 3.28. The molecule has 0 aliphatic heterocycles. The zero-order valence-corrected chi connectivity index (χ0v) is 12.9. The molecule has 21 heavy (non-hydrogen) atoms. The van der Waals surface area contributed by atoms with Crippen LogP contribution in [0, 0.1) is 6.92 Å². The minimum atomic E-state index is 0.593. The molecule has 0 saturated heterocycles. The Balaban J connectivity index is 1.72. The van der Waals surface area contributed by atoms with Gasteiger partial charge in [0, 0.05) is 23.9 Å². The molecule has 0 fully saturated rings. The number of ether oxygens (including phenoxy) is 1. The molecule has 0 aromatic carbocycles. The summed E-state index contributed by atoms with van der Waals surface area (Å²) < 4.78 is 11.4. The van der Waals surface area contributed by atoms with Gasteiger partial charge in [0.15, 0.2) is 0 Å². The first-order chi connectivity index (χ1) is 10.3. The fourth-order valence-electron chi connectivity index (χ4n) is 2.11. The summed E-state index contributed by atoms with van der Waals surface area (Å²) in [5.74, 6) is 1.92. The lowest BCUT2D eigenvalue weighted by Crippen LogP contribution is -2.13. The van der Waals surface area contributed by atoms with Gasteiger partial charge in [-0.3, -0.25) is 4.98 Å². The quantitative estimate of drug-likeness (QED) is 0.720. The van der Waals surface area contributed by atoms with Crippen LogP contribution in [0.4, 0.5) is 0 Å². The monoisotopic (exact) mass is 288 g/mol. The molecule has 0 unspecified atom stereocenters. The van der Waals surface area contributed by atoms with Gasteiger partial charge in [0.05, 0.1) is 19.8 Å². The molecule has 0 bridgehead atoms. The van der Waals surface area contributed by atoms with Gasteiger partial charge in [-0.05, 0) is 38.1 Å². The summed E-state index contributed by atoms with van der Waals surface area (Å²) in [5, 5.41) is 3.34. The third-order valence-electron chi connectivity index (χ3n) is 3.28. The Kier molecular flexibility index (Phi) is 6.44. The molecule has 0 atom stereocenters. The van der Waals surface area contributed by atoms with Gasteiger partial charge < -0.3 is 14.5 Å². The predicted octanol–water partition coefficient (Wildman–Crippen LogP) is 3.24. The molecule has 0 saturated carbocycles. The first-order valence-electron chi connectivity index (χ1n) is 7.56. The first kappa shape index (κ1) is 15.7. The molecule has 2 aromatic heterocycles. The van der Waals surface area contributed by atoms with Crippen LogP contribution in [0.1, 0.15) is 36.1 Å². The Morgan fingerprint density at radius 2 is 2.24 bits per heavy atom. The maximum absolute atomic E-state index is 5.72. The molecule has 0 aliphatic carbocycles. The van der Waals surface area contributed by atoms with Crippen molar-refractivity contribution in [3.05, 3.63) is 53.2 Å². The Hall–Kier alpha value is -1.65. The van der Waals surface area contributed by atoms with E-state index in [1.807, 2.05) is 31.3 Å². The minimum absolute atomic E-state index is 0.593. The molecular formula is C17H24N2O2. The Morgan fingerprint density at radius 3 is 3.00 bits per heavy atom. The van der Waals surface area contributed by atoms with E-state index in [4.69, 9.17) is 9.15 Å². The normalized spacial score (nSPS) is 11.0. The number of nitrogens with one attached hydrogen (secondary N) is 1. The molecular weight excluding hydrogens is 264 g/mol. The van der Waals surface area contributed by atoms with Gasteiger partial charge in [-0.25, -0.2) is 0 Å². The third kappa shape index (κ3) is 5.33. The van der Waals surface area contributed by atoms with Crippen molar-refractivity contribution in [2.45, 2.75) is 39.8 Å². The summed E-state index contributed by atoms with van der Waals surface area (Å²) >= 11 is 0. The fraction of sp³-hybridized carbons (Fsp3) is 0.471. The van der Waals surface area contributed by atoms with Crippen LogP contribution in [-0.4, -0.2) is 18.1 Å². The van der Waals surface area contributed by atoms with Crippen molar-refractivity contribution < 1.29 is 9.15 Å². The van der Waals surface area contributed by atoms with E-state index in [9.17, 15) is 0 Å². The first-order valence-corrected chi connectivity index (χ1v) is 7.56. The van der Waals surface area contributed by atoms with E-state index in [0.717, 1.165) is 48.7 Å². The Labute approximate surface area is 126 Å². The predicted molar refractivity (Wildman–Crippen MR) is 83.0 cm³/mol. The van der Waals surface area contributed by atoms with E-state index in [-0.39, 0.29) is 0 Å². The maximum atomic E-state index is 5.72. The summed E-state index contributed by atoms with van der Waals surface area (Å²) in [5.41, 5.74) is 2.19. The lowest BCUT2D eigenvalue weighted by molar-refractivity contribution is 0.122. The second-order valence-corrected chi connectivity index (χ2v) is 5.09. The largest absolute Gasteiger partial charge is 0.465 e. The molecule has 0 amide bonds. The van der Waals surface area contributed by atoms with Crippen molar-refractivity contribution >= 4 is 0 Å². The van der Waals surface area contributed by atoms with Crippen molar-refractivity contribution in [2.24, 2.45) is 0 Å². The number of hydrogen-bond acceptors (Lipinski definition) is 4. The summed E-state index contributed by atoms with van der Waals surface area (Å²) in [6.45, 7) is 7.20. The van der Waals surface area contributed by atoms with Crippen LogP contribution >= 0.6 is 0 Å². The summed E-state index contributed by atoms with van der Waals surface area (Å²) in [4.78, 5) is 4.28. The number of nitrogens with zero attached hydrogens (tertiary/aromatic N) is 1. The second-order valence-electron chi connectivity index (χ2n) is 5.09. The molecule has 2 aromatic rings. The van der Waals surface area contributed by atoms with E-state index < -0.39 is 0 Å². The molecule has 4 nitrogen and oxygen atoms in total. The topological polar surface area (TPSA) is 47.3 Å². The van der Waals surface area contributed by atoms with Crippen molar-refractivity contribution in [3.8, 4) is 0 Å². The summed E-state index contributed by atoms with van der Waals surface area (Å²) in [6, 6.07) is 8.02. The molecule has 0 aliphatic rings. The van der Waals surface area contributed by atoms with Crippen LogP contribution in [0.2, 0.25) is 0 Å². The second kappa shape index (κ2) is 8.60. The van der Waals surface area contributed by atoms with Crippen LogP contribution in [0.3, 0.4) is 0 Å². The number of aromatic nitrogens is 1. The van der Waals surface area contributed by atoms with Gasteiger partial charge in [-0.2, -0.15) is 0 Å². The van der Waals surface area contributed by atoms with E-state index in [2.05, 4.69) is 23.3 Å². The zero-order chi connectivity index (χ0) is 14.9. The van der Waals surface area contributed by atoms with Gasteiger partial charge in [0.2, 0.25) is 0 Å². The fourth-order valence-corrected chi connectivity index (χ4v) is 2.11. The van der Waals surface area contributed by atoms with Gasteiger partial charge in [0.1, 0.15) is 11.5 Å². The van der Waals surface area contributed by atoms with Crippen LogP contribution in [0.15, 0.2) is 34.9 Å². The van der Waals surface area contributed by atoms with Crippen molar-refractivity contribution in [2.75, 3.05) is 13.2 Å². The van der Waals surface area contributed by atoms with Crippen LogP contribution < -0.4 is 5.32 Å². The minimum Gasteiger partial charge on any atom is -0.465 e. The molecule has 4 heteroatoms. The standard InChI is InChI=1S/C17H24N2O2/c1-3-8-18-12-17-11-15(14(2)21-17)13-20-10-7-16-6-4-5-9-19-16/h4-6,9,11,18H,3,7-8,10,12-13H2,1-2H3. The van der Waals surface area contributed by atoms with Crippen LogP contribution in [0.25, 0.3) is 0 Å². The summed E-state index contributed by atoms with van der Waals surface area (Å²) in [6.07, 6.45) is 3.77. The number of hydrogen-bond donors (Lipinski definition) is 1. The average Bonchev–Trinajstić information content (AvgIpc) is 2.85. The van der Waals surface area contributed by atoms with E-state index in [0.29, 0.717) is 13.2 Å². The highest BCUT2D eigenvalue weighted by atomic mass is 16.5. The highest BCUT2D eigenvalue weighted by Gasteiger charge is 2.07. The SMILES string of the molecule is CCCNCc1cc(COCCc2ccccn2)c(C)o1. The zero-order valence-electron chi connectivity index (χ0n) is 12.9. The summed E-state index contributed by atoms with van der Waals surface area (Å²) in [7, 11) is 0. The highest BCUT2D eigenvalue weighted by Crippen LogP contribution is 2.15. The van der Waals surface area contributed by atoms with Gasteiger partial charge in [-0.15, -0.1) is 0 Å². The number of pyridine rings is 1. The molecule has 0 radical (unpaired) electrons. The lowest BCUT2D eigenvalue weighted by atomic mass is 10.2. The molecule has 0 spiro atoms. The van der Waals surface area contributed by atoms with Crippen LogP contribution in [0.5, 0.6) is 0 Å². The smallest absolute Gasteiger partial charge is 0.118 e. The van der Waals surface area contributed by atoms with Crippen molar-refractivity contribution in [1.82, 2.24) is 10.3 Å². The van der Waals surface area contributed by atoms with E-state index in [1.165, 1.54) is 0 Å². The van der Waals surface area contributed by atoms with Crippen molar-refractivity contribution in [3.63, 3.8) is 0 Å². The highest BCUT2D eigenvalue weighted by molar-refractivity contribution is 5.20. The Morgan fingerprint density at radius 1 is 1.33 bits per heavy atom. The van der Waals surface area contributed by atoms with E-state index in [1.54, 1.807) is 0 Å². The molecule has 2 rings (SSSR count). The lowest BCUT2D eigenvalue weighted by Gasteiger charge is -2.02. The van der Waals surface area contributed by atoms with Crippen LogP contribution in [-0.2, 0) is 24.3 Å². The number of aryl methyl sites for hydroxylation is 1. The van der Waals surface area contributed by atoms with Gasteiger partial charge in [0.25, 0.3) is 0 Å². The van der Waals surface area contributed by atoms with Gasteiger partial charge in [-0.1, -0.05) is 13.0 Å². The average molecular weight is 288 g/mol. The number of furan rings is 1. The molecule has 114 valence electrons. The number of rotatable bonds is 9. The molecule has 2 heterocycles. The Bertz CT molecular complexity index is 523. The van der Waals surface area contributed by atoms with Crippen molar-refractivity contribution in [1.29, 1.82) is 0 Å².